The maximum Gasteiger partial charge on any atom is 0.248 e. The molecule has 35 heavy (non-hydrogen) atoms. The molecular weight excluding hydrogens is 438 g/mol. The van der Waals surface area contributed by atoms with Crippen LogP contribution >= 0.6 is 0 Å². The number of hydrogen-bond acceptors (Lipinski definition) is 4. The van der Waals surface area contributed by atoms with Gasteiger partial charge in [0.05, 0.1) is 17.2 Å². The summed E-state index contributed by atoms with van der Waals surface area (Å²) in [6.45, 7) is 5.21. The molecule has 5 rings (SSSR count). The van der Waals surface area contributed by atoms with Crippen molar-refractivity contribution in [2.24, 2.45) is 12.8 Å². The van der Waals surface area contributed by atoms with Gasteiger partial charge in [0.2, 0.25) is 5.91 Å². The van der Waals surface area contributed by atoms with Crippen molar-refractivity contribution in [3.05, 3.63) is 101 Å². The van der Waals surface area contributed by atoms with E-state index in [-0.39, 0.29) is 6.61 Å². The van der Waals surface area contributed by atoms with Gasteiger partial charge < -0.3 is 15.0 Å². The third-order valence-corrected chi connectivity index (χ3v) is 6.21. The van der Waals surface area contributed by atoms with E-state index in [1.165, 1.54) is 16.7 Å². The predicted molar refractivity (Wildman–Crippen MR) is 136 cm³/mol. The van der Waals surface area contributed by atoms with Crippen molar-refractivity contribution in [1.82, 2.24) is 19.3 Å². The summed E-state index contributed by atoms with van der Waals surface area (Å²) in [4.78, 5) is 16.3. The van der Waals surface area contributed by atoms with E-state index in [0.717, 1.165) is 28.0 Å². The molecule has 0 aliphatic carbocycles. The largest absolute Gasteiger partial charge is 0.486 e. The van der Waals surface area contributed by atoms with E-state index in [1.807, 2.05) is 25.5 Å². The van der Waals surface area contributed by atoms with Crippen LogP contribution < -0.4 is 10.5 Å². The predicted octanol–water partition coefficient (Wildman–Crippen LogP) is 4.78. The van der Waals surface area contributed by atoms with E-state index < -0.39 is 5.91 Å². The average Bonchev–Trinajstić information content (AvgIpc) is 3.43. The second-order valence-electron chi connectivity index (χ2n) is 8.83. The molecule has 0 unspecified atom stereocenters. The Morgan fingerprint density at radius 3 is 2.51 bits per heavy atom. The van der Waals surface area contributed by atoms with Gasteiger partial charge in [-0.05, 0) is 66.9 Å². The van der Waals surface area contributed by atoms with Crippen molar-refractivity contribution in [3.8, 4) is 16.9 Å². The van der Waals surface area contributed by atoms with Crippen LogP contribution in [0.5, 0.6) is 5.75 Å². The Kier molecular flexibility index (Phi) is 5.82. The molecule has 0 bridgehead atoms. The standard InChI is InChI=1S/C28H27N5O2/c1-18-4-5-19(2)22(12-18)16-33-26-13-21(23-14-30-32(3)15-23)8-11-25(26)31-27(33)17-35-24-9-6-20(7-10-24)28(29)34/h4-15H,16-17H2,1-3H3,(H2,29,34). The lowest BCUT2D eigenvalue weighted by Gasteiger charge is -2.13. The van der Waals surface area contributed by atoms with E-state index in [0.29, 0.717) is 17.9 Å². The number of nitrogens with zero attached hydrogens (tertiary/aromatic N) is 4. The third kappa shape index (κ3) is 4.66. The number of rotatable bonds is 7. The smallest absolute Gasteiger partial charge is 0.248 e. The minimum absolute atomic E-state index is 0.289. The molecule has 0 atom stereocenters. The number of amides is 1. The van der Waals surface area contributed by atoms with Crippen molar-refractivity contribution in [1.29, 1.82) is 0 Å². The van der Waals surface area contributed by atoms with Gasteiger partial charge in [0.15, 0.2) is 0 Å². The molecule has 1 amide bonds. The van der Waals surface area contributed by atoms with Gasteiger partial charge in [0.1, 0.15) is 18.2 Å². The van der Waals surface area contributed by atoms with Gasteiger partial charge in [-0.3, -0.25) is 9.48 Å². The van der Waals surface area contributed by atoms with Crippen LogP contribution in [0.3, 0.4) is 0 Å². The van der Waals surface area contributed by atoms with Crippen LogP contribution in [0.25, 0.3) is 22.2 Å². The highest BCUT2D eigenvalue weighted by atomic mass is 16.5. The van der Waals surface area contributed by atoms with E-state index >= 15 is 0 Å². The zero-order valence-electron chi connectivity index (χ0n) is 20.0. The number of fused-ring (bicyclic) bond motifs is 1. The summed E-state index contributed by atoms with van der Waals surface area (Å²) in [6.07, 6.45) is 3.87. The highest BCUT2D eigenvalue weighted by molar-refractivity contribution is 5.92. The number of primary amides is 1. The lowest BCUT2D eigenvalue weighted by atomic mass is 10.1. The summed E-state index contributed by atoms with van der Waals surface area (Å²) in [7, 11) is 1.91. The summed E-state index contributed by atoms with van der Waals surface area (Å²) >= 11 is 0. The van der Waals surface area contributed by atoms with E-state index in [2.05, 4.69) is 53.8 Å². The Morgan fingerprint density at radius 2 is 1.80 bits per heavy atom. The maximum atomic E-state index is 11.4. The van der Waals surface area contributed by atoms with Gasteiger partial charge in [-0.15, -0.1) is 0 Å². The summed E-state index contributed by atoms with van der Waals surface area (Å²) in [5.41, 5.74) is 13.6. The van der Waals surface area contributed by atoms with Crippen molar-refractivity contribution in [2.75, 3.05) is 0 Å². The van der Waals surface area contributed by atoms with Crippen LogP contribution in [0.15, 0.2) is 73.1 Å². The Balaban J connectivity index is 1.54. The summed E-state index contributed by atoms with van der Waals surface area (Å²) in [5.74, 6) is 1.01. The van der Waals surface area contributed by atoms with Gasteiger partial charge in [0, 0.05) is 30.9 Å². The lowest BCUT2D eigenvalue weighted by Crippen LogP contribution is -2.11. The molecular formula is C28H27N5O2. The SMILES string of the molecule is Cc1ccc(C)c(Cn2c(COc3ccc(C(N)=O)cc3)nc3ccc(-c4cnn(C)c4)cc32)c1. The topological polar surface area (TPSA) is 88.0 Å². The monoisotopic (exact) mass is 465 g/mol. The number of ether oxygens (including phenoxy) is 1. The number of imidazole rings is 1. The zero-order chi connectivity index (χ0) is 24.5. The minimum Gasteiger partial charge on any atom is -0.486 e. The van der Waals surface area contributed by atoms with Crippen LogP contribution in [0.2, 0.25) is 0 Å². The molecule has 3 aromatic carbocycles. The fraction of sp³-hybridized carbons (Fsp3) is 0.179. The summed E-state index contributed by atoms with van der Waals surface area (Å²) in [5, 5.41) is 4.32. The molecule has 7 heteroatoms. The minimum atomic E-state index is -0.462. The van der Waals surface area contributed by atoms with Crippen LogP contribution in [-0.2, 0) is 20.2 Å². The van der Waals surface area contributed by atoms with Gasteiger partial charge >= 0.3 is 0 Å². The molecule has 2 aromatic heterocycles. The molecule has 7 nitrogen and oxygen atoms in total. The molecule has 0 spiro atoms. The maximum absolute atomic E-state index is 11.4. The Morgan fingerprint density at radius 1 is 1.00 bits per heavy atom. The number of hydrogen-bond donors (Lipinski definition) is 1. The number of nitrogens with two attached hydrogens (primary N) is 1. The number of aromatic nitrogens is 4. The average molecular weight is 466 g/mol. The van der Waals surface area contributed by atoms with E-state index in [9.17, 15) is 4.79 Å². The highest BCUT2D eigenvalue weighted by Gasteiger charge is 2.15. The first kappa shape index (κ1) is 22.4. The number of carbonyl (C=O) groups excluding carboxylic acids is 1. The molecule has 0 saturated carbocycles. The van der Waals surface area contributed by atoms with Crippen LogP contribution in [0.1, 0.15) is 32.9 Å². The molecule has 0 aliphatic heterocycles. The normalized spacial score (nSPS) is 11.2. The van der Waals surface area contributed by atoms with Gasteiger partial charge in [-0.1, -0.05) is 29.8 Å². The molecule has 5 aromatic rings. The van der Waals surface area contributed by atoms with Crippen molar-refractivity contribution in [2.45, 2.75) is 27.0 Å². The quantitative estimate of drug-likeness (QED) is 0.375. The molecule has 2 N–H and O–H groups in total. The van der Waals surface area contributed by atoms with Gasteiger partial charge in [-0.2, -0.15) is 5.10 Å². The summed E-state index contributed by atoms with van der Waals surface area (Å²) in [6, 6.07) is 19.6. The summed E-state index contributed by atoms with van der Waals surface area (Å²) < 4.78 is 10.1. The number of aryl methyl sites for hydroxylation is 3. The second kappa shape index (κ2) is 9.10. The fourth-order valence-corrected chi connectivity index (χ4v) is 4.21. The molecule has 2 heterocycles. The molecule has 0 fully saturated rings. The number of benzene rings is 3. The van der Waals surface area contributed by atoms with Gasteiger partial charge in [0.25, 0.3) is 0 Å². The Bertz CT molecular complexity index is 1530. The van der Waals surface area contributed by atoms with E-state index in [1.54, 1.807) is 28.9 Å². The molecule has 0 aliphatic rings. The van der Waals surface area contributed by atoms with E-state index in [4.69, 9.17) is 15.5 Å². The van der Waals surface area contributed by atoms with Crippen LogP contribution in [0.4, 0.5) is 0 Å². The number of carbonyl (C=O) groups is 1. The molecule has 0 radical (unpaired) electrons. The van der Waals surface area contributed by atoms with Crippen molar-refractivity contribution in [3.63, 3.8) is 0 Å². The third-order valence-electron chi connectivity index (χ3n) is 6.21. The first-order valence-electron chi connectivity index (χ1n) is 11.4. The van der Waals surface area contributed by atoms with Crippen LogP contribution in [0, 0.1) is 13.8 Å². The van der Waals surface area contributed by atoms with Crippen molar-refractivity contribution < 1.29 is 9.53 Å². The Hall–Kier alpha value is -4.39. The van der Waals surface area contributed by atoms with Crippen molar-refractivity contribution >= 4 is 16.9 Å². The lowest BCUT2D eigenvalue weighted by molar-refractivity contribution is 0.1000. The molecule has 176 valence electrons. The fourth-order valence-electron chi connectivity index (χ4n) is 4.21. The first-order valence-corrected chi connectivity index (χ1v) is 11.4. The highest BCUT2D eigenvalue weighted by Crippen LogP contribution is 2.27. The first-order chi connectivity index (χ1) is 16.9. The van der Waals surface area contributed by atoms with Crippen LogP contribution in [-0.4, -0.2) is 25.2 Å². The molecule has 0 saturated heterocycles. The van der Waals surface area contributed by atoms with Gasteiger partial charge in [-0.25, -0.2) is 4.98 Å². The Labute approximate surface area is 203 Å². The second-order valence-corrected chi connectivity index (χ2v) is 8.83. The zero-order valence-corrected chi connectivity index (χ0v) is 20.0.